The normalized spacial score (nSPS) is 8.73. The van der Waals surface area contributed by atoms with Crippen LogP contribution in [-0.2, 0) is 0 Å². The van der Waals surface area contributed by atoms with Crippen molar-refractivity contribution < 1.29 is 15.7 Å². The second-order valence-corrected chi connectivity index (χ2v) is 1.94. The van der Waals surface area contributed by atoms with Gasteiger partial charge in [-0.2, -0.15) is 0 Å². The number of aromatic hydroxyl groups is 2. The number of phenolic OH excluding ortho intramolecular Hbond substituents is 2. The maximum absolute atomic E-state index is 8.93. The molecule has 0 saturated carbocycles. The highest BCUT2D eigenvalue weighted by Crippen LogP contribution is 2.34. The van der Waals surface area contributed by atoms with Crippen LogP contribution in [0.1, 0.15) is 0 Å². The molecule has 0 unspecified atom stereocenters. The van der Waals surface area contributed by atoms with E-state index in [1.165, 1.54) is 12.1 Å². The topological polar surface area (TPSA) is 124 Å². The lowest BCUT2D eigenvalue weighted by molar-refractivity contribution is 0.406. The second kappa shape index (κ2) is 2.98. The first-order chi connectivity index (χ1) is 4.63. The highest BCUT2D eigenvalue weighted by atomic mass is 16.3. The zero-order valence-electron chi connectivity index (χ0n) is 5.70. The first-order valence-electron chi connectivity index (χ1n) is 2.69. The zero-order valence-corrected chi connectivity index (χ0v) is 5.70. The average molecular weight is 158 g/mol. The fourth-order valence-corrected chi connectivity index (χ4v) is 0.612. The van der Waals surface area contributed by atoms with Crippen LogP contribution in [0, 0.1) is 0 Å². The molecule has 0 amide bonds. The third-order valence-corrected chi connectivity index (χ3v) is 1.23. The van der Waals surface area contributed by atoms with Crippen molar-refractivity contribution in [1.82, 2.24) is 0 Å². The number of hydrogen-bond acceptors (Lipinski definition) is 4. The molecule has 0 aromatic heterocycles. The lowest BCUT2D eigenvalue weighted by Gasteiger charge is -2.02. The molecule has 8 N–H and O–H groups in total. The Bertz CT molecular complexity index is 235. The Kier molecular flexibility index (Phi) is 2.54. The van der Waals surface area contributed by atoms with Crippen LogP contribution in [-0.4, -0.2) is 15.7 Å². The summed E-state index contributed by atoms with van der Waals surface area (Å²) in [7, 11) is 0. The predicted octanol–water partition coefficient (Wildman–Crippen LogP) is -0.562. The number of anilines is 2. The molecule has 0 fully saturated rings. The van der Waals surface area contributed by atoms with E-state index in [0.29, 0.717) is 0 Å². The number of hydrogen-bond donors (Lipinski definition) is 4. The Morgan fingerprint density at radius 2 is 1.64 bits per heavy atom. The molecule has 0 aliphatic heterocycles. The molecule has 11 heavy (non-hydrogen) atoms. The van der Waals surface area contributed by atoms with Crippen molar-refractivity contribution in [3.63, 3.8) is 0 Å². The van der Waals surface area contributed by atoms with Gasteiger partial charge in [0.1, 0.15) is 5.69 Å². The average Bonchev–Trinajstić information content (AvgIpc) is 1.93. The molecule has 5 heteroatoms. The van der Waals surface area contributed by atoms with Gasteiger partial charge in [0.25, 0.3) is 0 Å². The zero-order chi connectivity index (χ0) is 7.72. The van der Waals surface area contributed by atoms with Crippen LogP contribution in [0.2, 0.25) is 0 Å². The SMILES string of the molecule is Nc1ccc(O)c(O)c1N.O. The van der Waals surface area contributed by atoms with E-state index < -0.39 is 0 Å². The molecule has 0 saturated heterocycles. The van der Waals surface area contributed by atoms with E-state index in [0.717, 1.165) is 0 Å². The third kappa shape index (κ3) is 1.44. The third-order valence-electron chi connectivity index (χ3n) is 1.23. The molecule has 0 atom stereocenters. The fraction of sp³-hybridized carbons (Fsp3) is 0. The number of benzene rings is 1. The van der Waals surface area contributed by atoms with E-state index >= 15 is 0 Å². The summed E-state index contributed by atoms with van der Waals surface area (Å²) in [5, 5.41) is 17.8. The summed E-state index contributed by atoms with van der Waals surface area (Å²) in [6.07, 6.45) is 0. The largest absolute Gasteiger partial charge is 0.504 e. The molecule has 0 radical (unpaired) electrons. The van der Waals surface area contributed by atoms with Crippen molar-refractivity contribution >= 4 is 11.4 Å². The molecular weight excluding hydrogens is 148 g/mol. The van der Waals surface area contributed by atoms with Gasteiger partial charge in [0, 0.05) is 0 Å². The molecule has 0 aliphatic carbocycles. The highest BCUT2D eigenvalue weighted by molar-refractivity contribution is 5.73. The summed E-state index contributed by atoms with van der Waals surface area (Å²) in [6.45, 7) is 0. The smallest absolute Gasteiger partial charge is 0.183 e. The van der Waals surface area contributed by atoms with Gasteiger partial charge >= 0.3 is 0 Å². The maximum Gasteiger partial charge on any atom is 0.183 e. The Labute approximate surface area is 63.2 Å². The summed E-state index contributed by atoms with van der Waals surface area (Å²) >= 11 is 0. The molecule has 1 rings (SSSR count). The van der Waals surface area contributed by atoms with E-state index in [1.54, 1.807) is 0 Å². The van der Waals surface area contributed by atoms with Crippen molar-refractivity contribution in [2.24, 2.45) is 0 Å². The highest BCUT2D eigenvalue weighted by Gasteiger charge is 2.04. The van der Waals surface area contributed by atoms with Crippen molar-refractivity contribution in [2.75, 3.05) is 11.5 Å². The summed E-state index contributed by atoms with van der Waals surface area (Å²) in [6, 6.07) is 2.70. The first kappa shape index (κ1) is 9.38. The minimum absolute atomic E-state index is 0. The van der Waals surface area contributed by atoms with Gasteiger partial charge in [0.15, 0.2) is 11.5 Å². The summed E-state index contributed by atoms with van der Waals surface area (Å²) in [5.74, 6) is -0.619. The lowest BCUT2D eigenvalue weighted by Crippen LogP contribution is -1.93. The van der Waals surface area contributed by atoms with Gasteiger partial charge in [-0.15, -0.1) is 0 Å². The minimum Gasteiger partial charge on any atom is -0.504 e. The summed E-state index contributed by atoms with van der Waals surface area (Å²) in [4.78, 5) is 0. The van der Waals surface area contributed by atoms with Gasteiger partial charge in [-0.05, 0) is 12.1 Å². The summed E-state index contributed by atoms with van der Waals surface area (Å²) < 4.78 is 0. The van der Waals surface area contributed by atoms with Gasteiger partial charge in [-0.3, -0.25) is 0 Å². The predicted molar refractivity (Wildman–Crippen MR) is 42.2 cm³/mol. The molecule has 1 aromatic carbocycles. The molecule has 0 aliphatic rings. The van der Waals surface area contributed by atoms with Crippen molar-refractivity contribution in [1.29, 1.82) is 0 Å². The molecule has 1 aromatic rings. The van der Waals surface area contributed by atoms with E-state index in [1.807, 2.05) is 0 Å². The molecule has 0 heterocycles. The van der Waals surface area contributed by atoms with E-state index in [-0.39, 0.29) is 28.3 Å². The van der Waals surface area contributed by atoms with E-state index in [2.05, 4.69) is 0 Å². The van der Waals surface area contributed by atoms with Crippen LogP contribution in [0.3, 0.4) is 0 Å². The van der Waals surface area contributed by atoms with Crippen molar-refractivity contribution in [3.8, 4) is 11.5 Å². The fourth-order valence-electron chi connectivity index (χ4n) is 0.612. The quantitative estimate of drug-likeness (QED) is 0.229. The second-order valence-electron chi connectivity index (χ2n) is 1.94. The Morgan fingerprint density at radius 3 is 2.09 bits per heavy atom. The van der Waals surface area contributed by atoms with Crippen LogP contribution in [0.4, 0.5) is 11.4 Å². The monoisotopic (exact) mass is 158 g/mol. The Hall–Kier alpha value is -1.62. The standard InChI is InChI=1S/C6H8N2O2.H2O/c7-3-1-2-4(9)6(10)5(3)8;/h1-2,9-10H,7-8H2;1H2. The van der Waals surface area contributed by atoms with Crippen LogP contribution >= 0.6 is 0 Å². The van der Waals surface area contributed by atoms with Gasteiger partial charge in [-0.1, -0.05) is 0 Å². The molecule has 5 nitrogen and oxygen atoms in total. The van der Waals surface area contributed by atoms with Gasteiger partial charge in [0.05, 0.1) is 5.69 Å². The number of phenols is 2. The van der Waals surface area contributed by atoms with Gasteiger partial charge in [0.2, 0.25) is 0 Å². The molecule has 0 spiro atoms. The maximum atomic E-state index is 8.93. The van der Waals surface area contributed by atoms with E-state index in [4.69, 9.17) is 21.7 Å². The number of rotatable bonds is 0. The van der Waals surface area contributed by atoms with Crippen LogP contribution in [0.15, 0.2) is 12.1 Å². The van der Waals surface area contributed by atoms with Crippen molar-refractivity contribution in [2.45, 2.75) is 0 Å². The number of nitrogen functional groups attached to an aromatic ring is 2. The van der Waals surface area contributed by atoms with Crippen LogP contribution < -0.4 is 11.5 Å². The molecule has 0 bridgehead atoms. The molecule has 62 valence electrons. The Balaban J connectivity index is 0.000001000. The van der Waals surface area contributed by atoms with Gasteiger partial charge in [-0.25, -0.2) is 0 Å². The van der Waals surface area contributed by atoms with Crippen LogP contribution in [0.5, 0.6) is 11.5 Å². The lowest BCUT2D eigenvalue weighted by atomic mass is 10.2. The molecular formula is C6H10N2O3. The Morgan fingerprint density at radius 1 is 1.09 bits per heavy atom. The first-order valence-corrected chi connectivity index (χ1v) is 2.69. The van der Waals surface area contributed by atoms with Crippen molar-refractivity contribution in [3.05, 3.63) is 12.1 Å². The number of nitrogens with two attached hydrogens (primary N) is 2. The minimum atomic E-state index is -0.361. The van der Waals surface area contributed by atoms with Gasteiger partial charge < -0.3 is 27.2 Å². The summed E-state index contributed by atoms with van der Waals surface area (Å²) in [5.41, 5.74) is 10.8. The van der Waals surface area contributed by atoms with E-state index in [9.17, 15) is 0 Å². The van der Waals surface area contributed by atoms with Crippen LogP contribution in [0.25, 0.3) is 0 Å².